The average molecular weight is 547 g/mol. The third-order valence-corrected chi connectivity index (χ3v) is 5.54. The van der Waals surface area contributed by atoms with Crippen LogP contribution in [0.5, 0.6) is 0 Å². The van der Waals surface area contributed by atoms with E-state index >= 15 is 0 Å². The average Bonchev–Trinajstić information content (AvgIpc) is 2.63. The Morgan fingerprint density at radius 2 is 1.05 bits per heavy atom. The minimum atomic E-state index is -0.731. The van der Waals surface area contributed by atoms with Gasteiger partial charge in [0.05, 0.1) is 37.3 Å². The summed E-state index contributed by atoms with van der Waals surface area (Å²) in [5.74, 6) is -1.82. The summed E-state index contributed by atoms with van der Waals surface area (Å²) < 4.78 is 33.7. The van der Waals surface area contributed by atoms with Crippen LogP contribution in [0.2, 0.25) is 0 Å². The van der Waals surface area contributed by atoms with Crippen molar-refractivity contribution in [1.82, 2.24) is 0 Å². The Hall–Kier alpha value is -1.26. The fourth-order valence-electron chi connectivity index (χ4n) is 4.65. The second kappa shape index (κ2) is 14.4. The first-order valence-corrected chi connectivity index (χ1v) is 14.0. The summed E-state index contributed by atoms with van der Waals surface area (Å²) in [5.41, 5.74) is -0.928. The van der Waals surface area contributed by atoms with E-state index in [1.807, 2.05) is 69.2 Å². The largest absolute Gasteiger partial charge is 0.460 e. The fraction of sp³-hybridized carbons (Fsp3) is 0.931. The van der Waals surface area contributed by atoms with Gasteiger partial charge in [-0.25, -0.2) is 0 Å². The molecular weight excluding hydrogens is 492 g/mol. The smallest absolute Gasteiger partial charge is 0.308 e. The van der Waals surface area contributed by atoms with Crippen LogP contribution in [0.4, 0.5) is 0 Å². The molecule has 38 heavy (non-hydrogen) atoms. The lowest BCUT2D eigenvalue weighted by atomic mass is 10.0. The van der Waals surface area contributed by atoms with Crippen molar-refractivity contribution in [2.75, 3.05) is 6.61 Å². The van der Waals surface area contributed by atoms with E-state index in [-0.39, 0.29) is 49.4 Å². The van der Waals surface area contributed by atoms with Gasteiger partial charge < -0.3 is 33.5 Å². The lowest BCUT2D eigenvalue weighted by Gasteiger charge is -2.40. The van der Waals surface area contributed by atoms with Gasteiger partial charge in [0.1, 0.15) is 11.2 Å². The molecule has 0 aromatic carbocycles. The summed E-state index contributed by atoms with van der Waals surface area (Å²) in [5, 5.41) is 9.00. The number of carbonyl (C=O) groups is 2. The van der Waals surface area contributed by atoms with Gasteiger partial charge in [-0.1, -0.05) is 13.3 Å². The third kappa shape index (κ3) is 15.4. The van der Waals surface area contributed by atoms with Gasteiger partial charge in [-0.05, 0) is 82.1 Å². The predicted octanol–water partition coefficient (Wildman–Crippen LogP) is 5.44. The molecule has 2 rings (SSSR count). The van der Waals surface area contributed by atoms with E-state index in [0.717, 1.165) is 19.3 Å². The maximum absolute atomic E-state index is 11.9. The van der Waals surface area contributed by atoms with Crippen molar-refractivity contribution in [3.63, 3.8) is 0 Å². The van der Waals surface area contributed by atoms with Gasteiger partial charge >= 0.3 is 11.9 Å². The van der Waals surface area contributed by atoms with Crippen LogP contribution in [0.15, 0.2) is 0 Å². The summed E-state index contributed by atoms with van der Waals surface area (Å²) in [4.78, 5) is 23.7. The van der Waals surface area contributed by atoms with E-state index < -0.39 is 22.8 Å². The topological polar surface area (TPSA) is 110 Å². The number of hydrogen-bond acceptors (Lipinski definition) is 9. The van der Waals surface area contributed by atoms with Gasteiger partial charge in [0.25, 0.3) is 0 Å². The molecule has 2 aliphatic rings. The van der Waals surface area contributed by atoms with Crippen molar-refractivity contribution in [3.05, 3.63) is 0 Å². The van der Waals surface area contributed by atoms with E-state index in [0.29, 0.717) is 19.3 Å². The van der Waals surface area contributed by atoms with Gasteiger partial charge in [-0.15, -0.1) is 0 Å². The molecule has 0 aromatic rings. The Balaban J connectivity index is 0.000000380. The van der Waals surface area contributed by atoms with Crippen molar-refractivity contribution in [1.29, 1.82) is 0 Å². The molecule has 0 amide bonds. The molecule has 2 heterocycles. The van der Waals surface area contributed by atoms with Crippen molar-refractivity contribution >= 4 is 11.9 Å². The molecule has 4 atom stereocenters. The standard InChI is InChI=1S/C15H28O4.C14H26O5/c1-7-8-11-9-12(18-15(5,6)17-11)10-13(16)19-14(2,3)4;1-13(2,3)19-12(16)9-11-8-10(6-7-15)17-14(4,5)18-11/h11-12H,7-10H2,1-6H3;10-11,15H,6-9H2,1-5H3/t11-,12-;10-,11-/m11/s1. The number of carbonyl (C=O) groups excluding carboxylic acids is 2. The Morgan fingerprint density at radius 3 is 1.37 bits per heavy atom. The van der Waals surface area contributed by atoms with Crippen LogP contribution in [0, 0.1) is 0 Å². The first-order valence-electron chi connectivity index (χ1n) is 14.0. The fourth-order valence-corrected chi connectivity index (χ4v) is 4.65. The van der Waals surface area contributed by atoms with Crippen LogP contribution in [0.1, 0.15) is 121 Å². The van der Waals surface area contributed by atoms with Gasteiger partial charge in [-0.3, -0.25) is 9.59 Å². The highest BCUT2D eigenvalue weighted by atomic mass is 16.7. The van der Waals surface area contributed by atoms with Gasteiger partial charge in [0, 0.05) is 19.4 Å². The first kappa shape index (κ1) is 34.8. The third-order valence-electron chi connectivity index (χ3n) is 5.54. The Labute approximate surface area is 230 Å². The van der Waals surface area contributed by atoms with Gasteiger partial charge in [0.15, 0.2) is 11.6 Å². The Bertz CT molecular complexity index is 671. The number of rotatable bonds is 8. The summed E-state index contributed by atoms with van der Waals surface area (Å²) in [7, 11) is 0. The SMILES string of the molecule is CC(C)(C)OC(=O)C[C@H]1C[C@@H](CCO)OC(C)(C)O1.CCC[C@@H]1C[C@H](CC(=O)OC(C)(C)C)OC(C)(C)O1. The molecule has 0 bridgehead atoms. The molecule has 0 spiro atoms. The number of hydrogen-bond donors (Lipinski definition) is 1. The summed E-state index contributed by atoms with van der Waals surface area (Å²) in [6, 6.07) is 0. The van der Waals surface area contributed by atoms with Crippen LogP contribution in [0.3, 0.4) is 0 Å². The molecule has 1 N–H and O–H groups in total. The summed E-state index contributed by atoms with van der Waals surface area (Å²) in [6.45, 7) is 20.8. The maximum Gasteiger partial charge on any atom is 0.308 e. The van der Waals surface area contributed by atoms with Crippen molar-refractivity contribution in [2.45, 2.75) is 168 Å². The molecule has 0 saturated carbocycles. The lowest BCUT2D eigenvalue weighted by Crippen LogP contribution is -2.45. The Morgan fingerprint density at radius 1 is 0.711 bits per heavy atom. The van der Waals surface area contributed by atoms with Crippen molar-refractivity contribution < 1.29 is 43.1 Å². The van der Waals surface area contributed by atoms with Crippen LogP contribution < -0.4 is 0 Å². The molecular formula is C29H54O9. The van der Waals surface area contributed by atoms with Crippen LogP contribution in [0.25, 0.3) is 0 Å². The predicted molar refractivity (Wildman–Crippen MR) is 144 cm³/mol. The van der Waals surface area contributed by atoms with Crippen LogP contribution >= 0.6 is 0 Å². The first-order chi connectivity index (χ1) is 17.2. The zero-order chi connectivity index (χ0) is 29.4. The minimum absolute atomic E-state index is 0.0693. The minimum Gasteiger partial charge on any atom is -0.460 e. The van der Waals surface area contributed by atoms with E-state index in [9.17, 15) is 9.59 Å². The summed E-state index contributed by atoms with van der Waals surface area (Å²) >= 11 is 0. The maximum atomic E-state index is 11.9. The van der Waals surface area contributed by atoms with Crippen molar-refractivity contribution in [2.24, 2.45) is 0 Å². The molecule has 2 aliphatic heterocycles. The molecule has 9 nitrogen and oxygen atoms in total. The molecule has 0 radical (unpaired) electrons. The second-order valence-electron chi connectivity index (χ2n) is 13.1. The zero-order valence-corrected chi connectivity index (χ0v) is 25.7. The van der Waals surface area contributed by atoms with E-state index in [1.54, 1.807) is 0 Å². The van der Waals surface area contributed by atoms with Gasteiger partial charge in [0.2, 0.25) is 0 Å². The summed E-state index contributed by atoms with van der Waals surface area (Å²) in [6.07, 6.45) is 4.23. The molecule has 9 heteroatoms. The zero-order valence-electron chi connectivity index (χ0n) is 25.7. The molecule has 0 aliphatic carbocycles. The lowest BCUT2D eigenvalue weighted by molar-refractivity contribution is -0.302. The number of aliphatic hydroxyl groups excluding tert-OH is 1. The molecule has 224 valence electrons. The molecule has 0 unspecified atom stereocenters. The quantitative estimate of drug-likeness (QED) is 0.398. The highest BCUT2D eigenvalue weighted by Gasteiger charge is 2.38. The molecule has 2 fully saturated rings. The Kier molecular flexibility index (Phi) is 13.2. The van der Waals surface area contributed by atoms with Crippen molar-refractivity contribution in [3.8, 4) is 0 Å². The highest BCUT2D eigenvalue weighted by Crippen LogP contribution is 2.31. The van der Waals surface area contributed by atoms with E-state index in [1.165, 1.54) is 0 Å². The normalized spacial score (nSPS) is 27.1. The monoisotopic (exact) mass is 546 g/mol. The van der Waals surface area contributed by atoms with Gasteiger partial charge in [-0.2, -0.15) is 0 Å². The van der Waals surface area contributed by atoms with E-state index in [2.05, 4.69) is 6.92 Å². The van der Waals surface area contributed by atoms with E-state index in [4.69, 9.17) is 33.5 Å². The second-order valence-corrected chi connectivity index (χ2v) is 13.1. The molecule has 2 saturated heterocycles. The number of esters is 2. The number of ether oxygens (including phenoxy) is 6. The number of aliphatic hydroxyl groups is 1. The molecule has 0 aromatic heterocycles. The van der Waals surface area contributed by atoms with Crippen LogP contribution in [-0.2, 0) is 38.0 Å². The van der Waals surface area contributed by atoms with Crippen LogP contribution in [-0.4, -0.2) is 70.8 Å². The highest BCUT2D eigenvalue weighted by molar-refractivity contribution is 5.70.